The van der Waals surface area contributed by atoms with E-state index in [-0.39, 0.29) is 12.0 Å². The third-order valence-electron chi connectivity index (χ3n) is 3.77. The van der Waals surface area contributed by atoms with Crippen LogP contribution in [0.4, 0.5) is 0 Å². The van der Waals surface area contributed by atoms with E-state index in [1.807, 2.05) is 25.1 Å². The number of hydrogen-bond acceptors (Lipinski definition) is 5. The van der Waals surface area contributed by atoms with E-state index in [1.54, 1.807) is 6.20 Å². The Morgan fingerprint density at radius 3 is 2.83 bits per heavy atom. The van der Waals surface area contributed by atoms with Crippen LogP contribution in [-0.4, -0.2) is 65.5 Å². The van der Waals surface area contributed by atoms with Crippen LogP contribution in [0.3, 0.4) is 0 Å². The summed E-state index contributed by atoms with van der Waals surface area (Å²) in [4.78, 5) is 24.7. The van der Waals surface area contributed by atoms with Crippen molar-refractivity contribution in [2.75, 3.05) is 33.7 Å². The Kier molecular flexibility index (Phi) is 6.52. The zero-order valence-corrected chi connectivity index (χ0v) is 14.1. The highest BCUT2D eigenvalue weighted by Crippen LogP contribution is 2.15. The van der Waals surface area contributed by atoms with Crippen molar-refractivity contribution >= 4 is 5.91 Å². The van der Waals surface area contributed by atoms with Gasteiger partial charge in [0.1, 0.15) is 6.10 Å². The van der Waals surface area contributed by atoms with Crippen molar-refractivity contribution in [2.45, 2.75) is 31.8 Å². The standard InChI is InChI=1S/C17H26N4O2/c1-4-5-8-14(13-20(2)3)23-16-12-18-11-15(19-16)17(22)21-9-6-7-10-21/h4,11-12,14H,1,5-10,13H2,2-3H3/t14-/m0/s1. The van der Waals surface area contributed by atoms with Gasteiger partial charge in [-0.2, -0.15) is 0 Å². The summed E-state index contributed by atoms with van der Waals surface area (Å²) < 4.78 is 5.95. The molecular weight excluding hydrogens is 292 g/mol. The number of carbonyl (C=O) groups is 1. The molecule has 23 heavy (non-hydrogen) atoms. The van der Waals surface area contributed by atoms with Gasteiger partial charge in [-0.25, -0.2) is 4.98 Å². The molecule has 2 heterocycles. The third kappa shape index (κ3) is 5.32. The summed E-state index contributed by atoms with van der Waals surface area (Å²) in [5.74, 6) is 0.349. The van der Waals surface area contributed by atoms with Crippen LogP contribution in [0.5, 0.6) is 5.88 Å². The molecule has 1 fully saturated rings. The molecule has 0 aliphatic carbocycles. The van der Waals surface area contributed by atoms with Gasteiger partial charge in [-0.15, -0.1) is 6.58 Å². The van der Waals surface area contributed by atoms with Crippen molar-refractivity contribution < 1.29 is 9.53 Å². The summed E-state index contributed by atoms with van der Waals surface area (Å²) in [7, 11) is 4.01. The summed E-state index contributed by atoms with van der Waals surface area (Å²) in [5, 5.41) is 0. The van der Waals surface area contributed by atoms with Crippen molar-refractivity contribution in [2.24, 2.45) is 0 Å². The summed E-state index contributed by atoms with van der Waals surface area (Å²) in [6.45, 7) is 6.13. The van der Waals surface area contributed by atoms with Crippen molar-refractivity contribution in [3.8, 4) is 5.88 Å². The van der Waals surface area contributed by atoms with Crippen LogP contribution in [0.2, 0.25) is 0 Å². The SMILES string of the molecule is C=CCC[C@@H](CN(C)C)Oc1cncc(C(=O)N2CCCC2)n1. The normalized spacial score (nSPS) is 15.7. The maximum atomic E-state index is 12.4. The number of likely N-dealkylation sites (N-methyl/N-ethyl adjacent to an activating group) is 1. The quantitative estimate of drug-likeness (QED) is 0.686. The van der Waals surface area contributed by atoms with E-state index < -0.39 is 0 Å². The fourth-order valence-corrected chi connectivity index (χ4v) is 2.66. The van der Waals surface area contributed by atoms with Gasteiger partial charge in [0, 0.05) is 19.6 Å². The smallest absolute Gasteiger partial charge is 0.274 e. The molecule has 0 spiro atoms. The lowest BCUT2D eigenvalue weighted by atomic mass is 10.2. The second-order valence-corrected chi connectivity index (χ2v) is 6.11. The Labute approximate surface area is 138 Å². The predicted molar refractivity (Wildman–Crippen MR) is 89.6 cm³/mol. The van der Waals surface area contributed by atoms with Gasteiger partial charge in [-0.1, -0.05) is 6.08 Å². The van der Waals surface area contributed by atoms with Gasteiger partial charge in [0.25, 0.3) is 5.91 Å². The molecule has 0 radical (unpaired) electrons. The van der Waals surface area contributed by atoms with Crippen molar-refractivity contribution in [1.82, 2.24) is 19.8 Å². The van der Waals surface area contributed by atoms with Gasteiger partial charge in [0.15, 0.2) is 5.69 Å². The van der Waals surface area contributed by atoms with Crippen LogP contribution in [0.25, 0.3) is 0 Å². The lowest BCUT2D eigenvalue weighted by Crippen LogP contribution is -2.31. The Bertz CT molecular complexity index is 527. The van der Waals surface area contributed by atoms with Gasteiger partial charge in [0.05, 0.1) is 12.4 Å². The highest BCUT2D eigenvalue weighted by molar-refractivity contribution is 5.92. The maximum absolute atomic E-state index is 12.4. The summed E-state index contributed by atoms with van der Waals surface area (Å²) >= 11 is 0. The second kappa shape index (κ2) is 8.62. The molecule has 0 N–H and O–H groups in total. The van der Waals surface area contributed by atoms with E-state index in [1.165, 1.54) is 6.20 Å². The van der Waals surface area contributed by atoms with E-state index in [9.17, 15) is 4.79 Å². The minimum atomic E-state index is -0.0595. The summed E-state index contributed by atoms with van der Waals surface area (Å²) in [6, 6.07) is 0. The van der Waals surface area contributed by atoms with Gasteiger partial charge in [-0.3, -0.25) is 9.78 Å². The highest BCUT2D eigenvalue weighted by Gasteiger charge is 2.21. The van der Waals surface area contributed by atoms with Gasteiger partial charge >= 0.3 is 0 Å². The number of aromatic nitrogens is 2. The Morgan fingerprint density at radius 2 is 2.17 bits per heavy atom. The van der Waals surface area contributed by atoms with Crippen molar-refractivity contribution in [1.29, 1.82) is 0 Å². The van der Waals surface area contributed by atoms with E-state index in [0.717, 1.165) is 45.3 Å². The molecule has 0 saturated carbocycles. The molecule has 0 aromatic carbocycles. The predicted octanol–water partition coefficient (Wildman–Crippen LogP) is 1.99. The Morgan fingerprint density at radius 1 is 1.43 bits per heavy atom. The topological polar surface area (TPSA) is 58.6 Å². The molecule has 6 nitrogen and oxygen atoms in total. The fraction of sp³-hybridized carbons (Fsp3) is 0.588. The summed E-state index contributed by atoms with van der Waals surface area (Å²) in [5.41, 5.74) is 0.358. The Balaban J connectivity index is 2.04. The highest BCUT2D eigenvalue weighted by atomic mass is 16.5. The van der Waals surface area contributed by atoms with Crippen molar-refractivity contribution in [3.63, 3.8) is 0 Å². The second-order valence-electron chi connectivity index (χ2n) is 6.11. The number of nitrogens with zero attached hydrogens (tertiary/aromatic N) is 4. The van der Waals surface area contributed by atoms with Crippen LogP contribution >= 0.6 is 0 Å². The van der Waals surface area contributed by atoms with Crippen LogP contribution in [0, 0.1) is 0 Å². The largest absolute Gasteiger partial charge is 0.472 e. The number of carbonyl (C=O) groups excluding carboxylic acids is 1. The lowest BCUT2D eigenvalue weighted by Gasteiger charge is -2.22. The molecule has 0 bridgehead atoms. The van der Waals surface area contributed by atoms with E-state index in [4.69, 9.17) is 4.74 Å². The first-order valence-corrected chi connectivity index (χ1v) is 8.13. The lowest BCUT2D eigenvalue weighted by molar-refractivity contribution is 0.0783. The van der Waals surface area contributed by atoms with Gasteiger partial charge < -0.3 is 14.5 Å². The first kappa shape index (κ1) is 17.4. The van der Waals surface area contributed by atoms with E-state index in [0.29, 0.717) is 11.6 Å². The average molecular weight is 318 g/mol. The first-order chi connectivity index (χ1) is 11.1. The number of amides is 1. The van der Waals surface area contributed by atoms with E-state index >= 15 is 0 Å². The zero-order chi connectivity index (χ0) is 16.7. The van der Waals surface area contributed by atoms with Gasteiger partial charge in [-0.05, 0) is 39.8 Å². The molecule has 1 amide bonds. The van der Waals surface area contributed by atoms with Crippen LogP contribution in [-0.2, 0) is 0 Å². The van der Waals surface area contributed by atoms with Crippen LogP contribution in [0.15, 0.2) is 25.0 Å². The monoisotopic (exact) mass is 318 g/mol. The number of ether oxygens (including phenoxy) is 1. The molecule has 1 aliphatic heterocycles. The minimum absolute atomic E-state index is 0.00515. The molecule has 126 valence electrons. The first-order valence-electron chi connectivity index (χ1n) is 8.13. The summed E-state index contributed by atoms with van der Waals surface area (Å²) in [6.07, 6.45) is 8.80. The molecule has 1 aliphatic rings. The van der Waals surface area contributed by atoms with Gasteiger partial charge in [0.2, 0.25) is 5.88 Å². The average Bonchev–Trinajstić information content (AvgIpc) is 3.06. The van der Waals surface area contributed by atoms with E-state index in [2.05, 4.69) is 21.4 Å². The van der Waals surface area contributed by atoms with Crippen LogP contribution < -0.4 is 4.74 Å². The maximum Gasteiger partial charge on any atom is 0.274 e. The number of likely N-dealkylation sites (tertiary alicyclic amines) is 1. The molecule has 6 heteroatoms. The Hall–Kier alpha value is -1.95. The van der Waals surface area contributed by atoms with Crippen LogP contribution in [0.1, 0.15) is 36.2 Å². The molecule has 2 rings (SSSR count). The minimum Gasteiger partial charge on any atom is -0.472 e. The molecular formula is C17H26N4O2. The molecule has 1 saturated heterocycles. The fourth-order valence-electron chi connectivity index (χ4n) is 2.66. The molecule has 1 aromatic heterocycles. The number of rotatable bonds is 8. The molecule has 0 unspecified atom stereocenters. The number of allylic oxidation sites excluding steroid dienone is 1. The molecule has 1 atom stereocenters. The zero-order valence-electron chi connectivity index (χ0n) is 14.1. The third-order valence-corrected chi connectivity index (χ3v) is 3.77. The molecule has 1 aromatic rings. The number of hydrogen-bond donors (Lipinski definition) is 0. The van der Waals surface area contributed by atoms with Crippen molar-refractivity contribution in [3.05, 3.63) is 30.7 Å².